The molecule has 1 heterocycles. The van der Waals surface area contributed by atoms with Gasteiger partial charge >= 0.3 is 11.8 Å². The summed E-state index contributed by atoms with van der Waals surface area (Å²) in [5.74, 6) is -3.29. The van der Waals surface area contributed by atoms with Crippen LogP contribution >= 0.6 is 0 Å². The smallest absolute Gasteiger partial charge is 0.313 e. The fourth-order valence-corrected chi connectivity index (χ4v) is 2.72. The normalized spacial score (nSPS) is 17.0. The number of aliphatic hydroxyl groups is 1. The first-order valence-corrected chi connectivity index (χ1v) is 7.57. The van der Waals surface area contributed by atoms with Crippen LogP contribution in [0.2, 0.25) is 0 Å². The van der Waals surface area contributed by atoms with Gasteiger partial charge in [0.1, 0.15) is 11.6 Å². The van der Waals surface area contributed by atoms with Gasteiger partial charge in [-0.25, -0.2) is 8.78 Å². The van der Waals surface area contributed by atoms with E-state index in [1.807, 2.05) is 6.92 Å². The number of aliphatic hydroxyl groups excluding tert-OH is 1. The van der Waals surface area contributed by atoms with E-state index < -0.39 is 23.4 Å². The second kappa shape index (κ2) is 7.04. The lowest BCUT2D eigenvalue weighted by molar-refractivity contribution is -0.145. The van der Waals surface area contributed by atoms with Crippen LogP contribution in [0.25, 0.3) is 0 Å². The maximum Gasteiger partial charge on any atom is 0.313 e. The Morgan fingerprint density at radius 2 is 1.96 bits per heavy atom. The van der Waals surface area contributed by atoms with E-state index in [0.717, 1.165) is 24.6 Å². The summed E-state index contributed by atoms with van der Waals surface area (Å²) in [6, 6.07) is 2.63. The van der Waals surface area contributed by atoms with Crippen LogP contribution in [0.5, 0.6) is 0 Å². The molecule has 1 aromatic rings. The molecule has 0 unspecified atom stereocenters. The zero-order valence-corrected chi connectivity index (χ0v) is 12.9. The Kier molecular flexibility index (Phi) is 5.30. The third-order valence-electron chi connectivity index (χ3n) is 4.57. The Morgan fingerprint density at radius 3 is 2.52 bits per heavy atom. The fraction of sp³-hybridized carbons (Fsp3) is 0.500. The van der Waals surface area contributed by atoms with Crippen molar-refractivity contribution in [2.45, 2.75) is 26.2 Å². The topological polar surface area (TPSA) is 69.6 Å². The Labute approximate surface area is 133 Å². The molecular formula is C16H20F2N2O3. The summed E-state index contributed by atoms with van der Waals surface area (Å²) in [4.78, 5) is 25.4. The van der Waals surface area contributed by atoms with Crippen LogP contribution in [0.15, 0.2) is 18.2 Å². The first kappa shape index (κ1) is 17.3. The number of hydrogen-bond donors (Lipinski definition) is 2. The number of carbonyl (C=O) groups is 2. The Balaban J connectivity index is 1.98. The average Bonchev–Trinajstić information content (AvgIpc) is 2.57. The summed E-state index contributed by atoms with van der Waals surface area (Å²) in [5, 5.41) is 11.6. The van der Waals surface area contributed by atoms with E-state index in [1.165, 1.54) is 4.90 Å². The molecule has 7 heteroatoms. The molecule has 1 saturated heterocycles. The molecule has 0 saturated carbocycles. The van der Waals surface area contributed by atoms with E-state index in [4.69, 9.17) is 0 Å². The van der Waals surface area contributed by atoms with Crippen molar-refractivity contribution in [3.63, 3.8) is 0 Å². The minimum Gasteiger partial charge on any atom is -0.396 e. The van der Waals surface area contributed by atoms with Crippen LogP contribution in [0, 0.1) is 17.0 Å². The van der Waals surface area contributed by atoms with Crippen LogP contribution in [-0.2, 0) is 9.59 Å². The molecule has 2 rings (SSSR count). The van der Waals surface area contributed by atoms with Crippen LogP contribution < -0.4 is 5.32 Å². The number of hydrogen-bond acceptors (Lipinski definition) is 3. The molecule has 1 aliphatic heterocycles. The molecule has 0 aromatic heterocycles. The van der Waals surface area contributed by atoms with E-state index in [-0.39, 0.29) is 17.7 Å². The van der Waals surface area contributed by atoms with E-state index in [1.54, 1.807) is 0 Å². The van der Waals surface area contributed by atoms with Crippen LogP contribution in [-0.4, -0.2) is 41.5 Å². The van der Waals surface area contributed by atoms with Crippen molar-refractivity contribution in [1.29, 1.82) is 0 Å². The largest absolute Gasteiger partial charge is 0.396 e. The van der Waals surface area contributed by atoms with Gasteiger partial charge in [0, 0.05) is 25.8 Å². The lowest BCUT2D eigenvalue weighted by Gasteiger charge is -2.39. The number of halogens is 2. The highest BCUT2D eigenvalue weighted by molar-refractivity contribution is 6.39. The first-order valence-electron chi connectivity index (χ1n) is 7.57. The lowest BCUT2D eigenvalue weighted by Crippen LogP contribution is -2.48. The number of anilines is 1. The molecule has 2 N–H and O–H groups in total. The predicted octanol–water partition coefficient (Wildman–Crippen LogP) is 1.91. The monoisotopic (exact) mass is 326 g/mol. The van der Waals surface area contributed by atoms with Crippen molar-refractivity contribution in [3.05, 3.63) is 29.8 Å². The number of likely N-dealkylation sites (tertiary alicyclic amines) is 1. The minimum atomic E-state index is -0.998. The van der Waals surface area contributed by atoms with E-state index in [9.17, 15) is 23.5 Å². The van der Waals surface area contributed by atoms with E-state index >= 15 is 0 Å². The second-order valence-electron chi connectivity index (χ2n) is 5.88. The third kappa shape index (κ3) is 3.85. The molecular weight excluding hydrogens is 306 g/mol. The average molecular weight is 326 g/mol. The van der Waals surface area contributed by atoms with Gasteiger partial charge in [0.15, 0.2) is 0 Å². The van der Waals surface area contributed by atoms with Gasteiger partial charge < -0.3 is 15.3 Å². The number of carbonyl (C=O) groups excluding carboxylic acids is 2. The molecule has 5 nitrogen and oxygen atoms in total. The van der Waals surface area contributed by atoms with Gasteiger partial charge in [-0.2, -0.15) is 0 Å². The van der Waals surface area contributed by atoms with Gasteiger partial charge in [0.2, 0.25) is 0 Å². The molecule has 1 aliphatic rings. The Hall–Kier alpha value is -2.02. The molecule has 1 aromatic carbocycles. The molecule has 0 atom stereocenters. The lowest BCUT2D eigenvalue weighted by atomic mass is 9.77. The van der Waals surface area contributed by atoms with Crippen molar-refractivity contribution in [2.24, 2.45) is 5.41 Å². The number of piperidine rings is 1. The van der Waals surface area contributed by atoms with E-state index in [2.05, 4.69) is 5.32 Å². The molecule has 0 bridgehead atoms. The summed E-state index contributed by atoms with van der Waals surface area (Å²) in [6.07, 6.45) is 2.01. The molecule has 23 heavy (non-hydrogen) atoms. The third-order valence-corrected chi connectivity index (χ3v) is 4.57. The Morgan fingerprint density at radius 1 is 1.30 bits per heavy atom. The van der Waals surface area contributed by atoms with Crippen molar-refractivity contribution < 1.29 is 23.5 Å². The molecule has 0 radical (unpaired) electrons. The number of rotatable bonds is 3. The van der Waals surface area contributed by atoms with Crippen molar-refractivity contribution in [1.82, 2.24) is 4.90 Å². The summed E-state index contributed by atoms with van der Waals surface area (Å²) in [7, 11) is 0. The molecule has 126 valence electrons. The highest BCUT2D eigenvalue weighted by Crippen LogP contribution is 2.34. The van der Waals surface area contributed by atoms with Gasteiger partial charge in [-0.3, -0.25) is 9.59 Å². The second-order valence-corrected chi connectivity index (χ2v) is 5.88. The number of benzene rings is 1. The van der Waals surface area contributed by atoms with Crippen molar-refractivity contribution >= 4 is 17.5 Å². The van der Waals surface area contributed by atoms with Gasteiger partial charge in [0.05, 0.1) is 5.69 Å². The molecule has 1 fully saturated rings. The Bertz CT molecular complexity index is 593. The maximum absolute atomic E-state index is 13.5. The van der Waals surface area contributed by atoms with Crippen molar-refractivity contribution in [3.8, 4) is 0 Å². The van der Waals surface area contributed by atoms with Crippen LogP contribution in [0.1, 0.15) is 26.2 Å². The number of amides is 2. The highest BCUT2D eigenvalue weighted by atomic mass is 19.1. The first-order chi connectivity index (χ1) is 10.9. The van der Waals surface area contributed by atoms with E-state index in [0.29, 0.717) is 25.9 Å². The molecule has 2 amide bonds. The molecule has 0 spiro atoms. The van der Waals surface area contributed by atoms with Gasteiger partial charge in [-0.1, -0.05) is 6.92 Å². The van der Waals surface area contributed by atoms with Crippen LogP contribution in [0.4, 0.5) is 14.5 Å². The number of nitrogens with zero attached hydrogens (tertiary/aromatic N) is 1. The quantitative estimate of drug-likeness (QED) is 0.834. The van der Waals surface area contributed by atoms with Gasteiger partial charge in [-0.05, 0) is 36.8 Å². The number of nitrogens with one attached hydrogen (secondary N) is 1. The van der Waals surface area contributed by atoms with Gasteiger partial charge in [0.25, 0.3) is 0 Å². The highest BCUT2D eigenvalue weighted by Gasteiger charge is 2.35. The standard InChI is InChI=1S/C16H20F2N2O3/c1-2-16(10-21)5-7-20(8-6-16)15(23)14(22)19-13-9-11(17)3-4-12(13)18/h3-4,9,21H,2,5-8,10H2,1H3,(H,19,22). The fourth-order valence-electron chi connectivity index (χ4n) is 2.72. The summed E-state index contributed by atoms with van der Waals surface area (Å²) in [5.41, 5.74) is -0.569. The zero-order valence-electron chi connectivity index (χ0n) is 12.9. The van der Waals surface area contributed by atoms with Gasteiger partial charge in [-0.15, -0.1) is 0 Å². The summed E-state index contributed by atoms with van der Waals surface area (Å²) < 4.78 is 26.6. The summed E-state index contributed by atoms with van der Waals surface area (Å²) in [6.45, 7) is 2.73. The summed E-state index contributed by atoms with van der Waals surface area (Å²) >= 11 is 0. The predicted molar refractivity (Wildman–Crippen MR) is 80.6 cm³/mol. The SMILES string of the molecule is CCC1(CO)CCN(C(=O)C(=O)Nc2cc(F)ccc2F)CC1. The maximum atomic E-state index is 13.5. The zero-order chi connectivity index (χ0) is 17.0. The minimum absolute atomic E-state index is 0.0478. The van der Waals surface area contributed by atoms with Crippen LogP contribution in [0.3, 0.4) is 0 Å². The van der Waals surface area contributed by atoms with Crippen molar-refractivity contribution in [2.75, 3.05) is 25.0 Å². The molecule has 0 aliphatic carbocycles.